The monoisotopic (exact) mass is 297 g/mol. The fourth-order valence-electron chi connectivity index (χ4n) is 1.48. The first kappa shape index (κ1) is 13.5. The lowest BCUT2D eigenvalue weighted by molar-refractivity contribution is 0.102. The molecule has 98 valence electrons. The van der Waals surface area contributed by atoms with Crippen LogP contribution < -0.4 is 5.32 Å². The molecule has 2 aromatic carbocycles. The predicted molar refractivity (Wildman–Crippen MR) is 74.2 cm³/mol. The van der Waals surface area contributed by atoms with Gasteiger partial charge in [-0.05, 0) is 36.4 Å². The normalized spacial score (nSPS) is 10.2. The predicted octanol–water partition coefficient (Wildman–Crippen LogP) is 3.66. The Hall–Kier alpha value is -1.91. The van der Waals surface area contributed by atoms with Crippen LogP contribution in [0.25, 0.3) is 0 Å². The fourth-order valence-corrected chi connectivity index (χ4v) is 1.78. The van der Waals surface area contributed by atoms with E-state index >= 15 is 0 Å². The van der Waals surface area contributed by atoms with Gasteiger partial charge in [0.2, 0.25) is 0 Å². The van der Waals surface area contributed by atoms with E-state index in [9.17, 15) is 15.0 Å². The van der Waals surface area contributed by atoms with Crippen molar-refractivity contribution < 1.29 is 15.0 Å². The second kappa shape index (κ2) is 5.38. The molecule has 0 aliphatic heterocycles. The van der Waals surface area contributed by atoms with E-state index in [2.05, 4.69) is 5.32 Å². The van der Waals surface area contributed by atoms with Gasteiger partial charge < -0.3 is 15.5 Å². The maximum Gasteiger partial charge on any atom is 0.259 e. The topological polar surface area (TPSA) is 69.6 Å². The summed E-state index contributed by atoms with van der Waals surface area (Å²) < 4.78 is 0. The summed E-state index contributed by atoms with van der Waals surface area (Å²) in [5.41, 5.74) is 0.396. The number of carbonyl (C=O) groups is 1. The average molecular weight is 298 g/mol. The van der Waals surface area contributed by atoms with Gasteiger partial charge in [-0.3, -0.25) is 4.79 Å². The Morgan fingerprint density at radius 2 is 1.74 bits per heavy atom. The number of amides is 1. The van der Waals surface area contributed by atoms with Gasteiger partial charge in [-0.25, -0.2) is 0 Å². The van der Waals surface area contributed by atoms with Crippen molar-refractivity contribution in [2.45, 2.75) is 0 Å². The summed E-state index contributed by atoms with van der Waals surface area (Å²) >= 11 is 11.6. The van der Waals surface area contributed by atoms with Crippen molar-refractivity contribution in [3.05, 3.63) is 52.0 Å². The Kier molecular flexibility index (Phi) is 3.83. The highest BCUT2D eigenvalue weighted by Crippen LogP contribution is 2.27. The Bertz CT molecular complexity index is 644. The number of aromatic hydroxyl groups is 2. The molecule has 0 saturated carbocycles. The van der Waals surface area contributed by atoms with E-state index in [-0.39, 0.29) is 17.1 Å². The van der Waals surface area contributed by atoms with Crippen molar-refractivity contribution in [3.63, 3.8) is 0 Å². The van der Waals surface area contributed by atoms with Crippen LogP contribution in [0.4, 0.5) is 5.69 Å². The summed E-state index contributed by atoms with van der Waals surface area (Å²) in [6.07, 6.45) is 0. The van der Waals surface area contributed by atoms with Gasteiger partial charge in [0.1, 0.15) is 11.5 Å². The Balaban J connectivity index is 2.25. The van der Waals surface area contributed by atoms with Crippen LogP contribution in [0.1, 0.15) is 10.4 Å². The molecule has 0 heterocycles. The number of halogens is 2. The minimum atomic E-state index is -0.563. The third-order valence-corrected chi connectivity index (χ3v) is 3.14. The third kappa shape index (κ3) is 3.10. The number of phenolic OH excluding ortho intramolecular Hbond substituents is 2. The summed E-state index contributed by atoms with van der Waals surface area (Å²) in [5, 5.41) is 22.1. The van der Waals surface area contributed by atoms with Gasteiger partial charge in [-0.2, -0.15) is 0 Å². The molecule has 3 N–H and O–H groups in total. The summed E-state index contributed by atoms with van der Waals surface area (Å²) in [5.74, 6) is -0.903. The molecule has 2 aromatic rings. The molecule has 0 aliphatic carbocycles. The number of carbonyl (C=O) groups excluding carboxylic acids is 1. The molecule has 0 atom stereocenters. The molecule has 19 heavy (non-hydrogen) atoms. The molecule has 0 unspecified atom stereocenters. The lowest BCUT2D eigenvalue weighted by Crippen LogP contribution is -2.12. The molecule has 4 nitrogen and oxygen atoms in total. The zero-order chi connectivity index (χ0) is 14.0. The van der Waals surface area contributed by atoms with Gasteiger partial charge in [-0.1, -0.05) is 23.2 Å². The van der Waals surface area contributed by atoms with Crippen LogP contribution in [0.3, 0.4) is 0 Å². The van der Waals surface area contributed by atoms with E-state index in [0.29, 0.717) is 15.7 Å². The van der Waals surface area contributed by atoms with Gasteiger partial charge in [0, 0.05) is 5.69 Å². The first-order valence-electron chi connectivity index (χ1n) is 5.26. The zero-order valence-corrected chi connectivity index (χ0v) is 11.0. The van der Waals surface area contributed by atoms with Gasteiger partial charge in [0.15, 0.2) is 0 Å². The summed E-state index contributed by atoms with van der Waals surface area (Å²) in [6, 6.07) is 8.29. The quantitative estimate of drug-likeness (QED) is 0.741. The molecular formula is C13H9Cl2NO3. The molecule has 0 aliphatic rings. The molecule has 1 amide bonds. The molecule has 6 heteroatoms. The Labute approximate surface area is 119 Å². The number of anilines is 1. The van der Waals surface area contributed by atoms with Crippen molar-refractivity contribution in [1.29, 1.82) is 0 Å². The van der Waals surface area contributed by atoms with Gasteiger partial charge in [0.25, 0.3) is 5.91 Å². The number of hydrogen-bond acceptors (Lipinski definition) is 3. The van der Waals surface area contributed by atoms with E-state index in [1.165, 1.54) is 24.3 Å². The van der Waals surface area contributed by atoms with E-state index in [4.69, 9.17) is 23.2 Å². The van der Waals surface area contributed by atoms with Gasteiger partial charge in [0.05, 0.1) is 15.6 Å². The highest BCUT2D eigenvalue weighted by atomic mass is 35.5. The summed E-state index contributed by atoms with van der Waals surface area (Å²) in [7, 11) is 0. The zero-order valence-electron chi connectivity index (χ0n) is 9.52. The Morgan fingerprint density at radius 3 is 2.42 bits per heavy atom. The number of nitrogens with one attached hydrogen (secondary N) is 1. The van der Waals surface area contributed by atoms with Crippen molar-refractivity contribution in [3.8, 4) is 11.5 Å². The van der Waals surface area contributed by atoms with E-state index < -0.39 is 5.91 Å². The molecule has 0 aromatic heterocycles. The largest absolute Gasteiger partial charge is 0.508 e. The molecule has 0 spiro atoms. The second-order valence-corrected chi connectivity index (χ2v) is 4.60. The smallest absolute Gasteiger partial charge is 0.259 e. The molecule has 0 bridgehead atoms. The number of phenols is 2. The highest BCUT2D eigenvalue weighted by Gasteiger charge is 2.12. The first-order valence-corrected chi connectivity index (χ1v) is 6.01. The van der Waals surface area contributed by atoms with E-state index in [0.717, 1.165) is 0 Å². The number of benzene rings is 2. The van der Waals surface area contributed by atoms with Crippen LogP contribution in [0, 0.1) is 0 Å². The van der Waals surface area contributed by atoms with E-state index in [1.807, 2.05) is 0 Å². The molecule has 0 saturated heterocycles. The lowest BCUT2D eigenvalue weighted by Gasteiger charge is -2.08. The second-order valence-electron chi connectivity index (χ2n) is 3.78. The van der Waals surface area contributed by atoms with Gasteiger partial charge >= 0.3 is 0 Å². The minimum absolute atomic E-state index is 0.0360. The standard InChI is InChI=1S/C13H9Cl2NO3/c14-10-3-1-7(5-11(10)15)16-13(19)9-6-8(17)2-4-12(9)18/h1-6,17-18H,(H,16,19). The minimum Gasteiger partial charge on any atom is -0.508 e. The van der Waals surface area contributed by atoms with Crippen molar-refractivity contribution in [2.75, 3.05) is 5.32 Å². The number of hydrogen-bond donors (Lipinski definition) is 3. The highest BCUT2D eigenvalue weighted by molar-refractivity contribution is 6.42. The number of rotatable bonds is 2. The molecular weight excluding hydrogens is 289 g/mol. The SMILES string of the molecule is O=C(Nc1ccc(Cl)c(Cl)c1)c1cc(O)ccc1O. The molecule has 2 rings (SSSR count). The third-order valence-electron chi connectivity index (χ3n) is 2.40. The maximum absolute atomic E-state index is 11.9. The first-order chi connectivity index (χ1) is 8.97. The van der Waals surface area contributed by atoms with Crippen LogP contribution in [-0.4, -0.2) is 16.1 Å². The summed E-state index contributed by atoms with van der Waals surface area (Å²) in [6.45, 7) is 0. The van der Waals surface area contributed by atoms with Crippen LogP contribution in [0.5, 0.6) is 11.5 Å². The van der Waals surface area contributed by atoms with Crippen LogP contribution >= 0.6 is 23.2 Å². The van der Waals surface area contributed by atoms with Crippen molar-refractivity contribution >= 4 is 34.8 Å². The fraction of sp³-hybridized carbons (Fsp3) is 0. The van der Waals surface area contributed by atoms with Crippen molar-refractivity contribution in [1.82, 2.24) is 0 Å². The van der Waals surface area contributed by atoms with Crippen LogP contribution in [0.2, 0.25) is 10.0 Å². The van der Waals surface area contributed by atoms with Crippen LogP contribution in [0.15, 0.2) is 36.4 Å². The average Bonchev–Trinajstić information content (AvgIpc) is 2.36. The summed E-state index contributed by atoms with van der Waals surface area (Å²) in [4.78, 5) is 11.9. The lowest BCUT2D eigenvalue weighted by atomic mass is 10.1. The molecule has 0 radical (unpaired) electrons. The maximum atomic E-state index is 11.9. The van der Waals surface area contributed by atoms with Gasteiger partial charge in [-0.15, -0.1) is 0 Å². The Morgan fingerprint density at radius 1 is 1.00 bits per heavy atom. The van der Waals surface area contributed by atoms with E-state index in [1.54, 1.807) is 12.1 Å². The molecule has 0 fully saturated rings. The van der Waals surface area contributed by atoms with Crippen LogP contribution in [-0.2, 0) is 0 Å². The van der Waals surface area contributed by atoms with Crippen molar-refractivity contribution in [2.24, 2.45) is 0 Å².